The van der Waals surface area contributed by atoms with Crippen molar-refractivity contribution in [2.45, 2.75) is 70.6 Å². The van der Waals surface area contributed by atoms with Gasteiger partial charge in [-0.1, -0.05) is 12.8 Å². The van der Waals surface area contributed by atoms with Crippen LogP contribution in [0.1, 0.15) is 52.4 Å². The molecule has 4 atom stereocenters. The van der Waals surface area contributed by atoms with E-state index in [0.717, 1.165) is 25.4 Å². The number of rotatable bonds is 4. The fourth-order valence-electron chi connectivity index (χ4n) is 5.69. The molecule has 0 radical (unpaired) electrons. The Bertz CT molecular complexity index is 661. The van der Waals surface area contributed by atoms with Gasteiger partial charge in [-0.25, -0.2) is 8.42 Å². The van der Waals surface area contributed by atoms with E-state index >= 15 is 0 Å². The van der Waals surface area contributed by atoms with E-state index in [4.69, 9.17) is 9.73 Å². The van der Waals surface area contributed by atoms with Gasteiger partial charge in [0.25, 0.3) is 0 Å². The van der Waals surface area contributed by atoms with Crippen molar-refractivity contribution in [3.63, 3.8) is 0 Å². The van der Waals surface area contributed by atoms with Crippen molar-refractivity contribution in [1.29, 1.82) is 0 Å². The Kier molecular flexibility index (Phi) is 6.68. The highest BCUT2D eigenvalue weighted by atomic mass is 127. The molecular weight excluding hydrogens is 477 g/mol. The van der Waals surface area contributed by atoms with Gasteiger partial charge in [0, 0.05) is 36.6 Å². The molecule has 0 aromatic heterocycles. The van der Waals surface area contributed by atoms with Crippen LogP contribution in [0.15, 0.2) is 4.99 Å². The van der Waals surface area contributed by atoms with Crippen molar-refractivity contribution < 1.29 is 13.2 Å². The molecule has 2 aliphatic carbocycles. The van der Waals surface area contributed by atoms with Crippen molar-refractivity contribution in [1.82, 2.24) is 10.6 Å². The summed E-state index contributed by atoms with van der Waals surface area (Å²) >= 11 is 0. The number of halogens is 1. The van der Waals surface area contributed by atoms with Gasteiger partial charge in [0.1, 0.15) is 0 Å². The summed E-state index contributed by atoms with van der Waals surface area (Å²) in [6.07, 6.45) is 7.42. The summed E-state index contributed by atoms with van der Waals surface area (Å²) in [7, 11) is -2.84. The second-order valence-electron chi connectivity index (χ2n) is 9.06. The van der Waals surface area contributed by atoms with Crippen molar-refractivity contribution in [3.05, 3.63) is 0 Å². The summed E-state index contributed by atoms with van der Waals surface area (Å²) in [6, 6.07) is 0.735. The average molecular weight is 511 g/mol. The molecule has 2 saturated carbocycles. The van der Waals surface area contributed by atoms with Gasteiger partial charge < -0.3 is 15.4 Å². The van der Waals surface area contributed by atoms with Gasteiger partial charge in [-0.2, -0.15) is 0 Å². The van der Waals surface area contributed by atoms with Crippen molar-refractivity contribution in [3.8, 4) is 0 Å². The second kappa shape index (κ2) is 8.34. The summed E-state index contributed by atoms with van der Waals surface area (Å²) in [6.45, 7) is 5.71. The highest BCUT2D eigenvalue weighted by Crippen LogP contribution is 2.60. The van der Waals surface area contributed by atoms with Crippen LogP contribution < -0.4 is 10.6 Å². The van der Waals surface area contributed by atoms with Crippen LogP contribution in [0.3, 0.4) is 0 Å². The number of guanidine groups is 1. The zero-order valence-corrected chi connectivity index (χ0v) is 19.6. The van der Waals surface area contributed by atoms with Crippen molar-refractivity contribution in [2.24, 2.45) is 22.2 Å². The lowest BCUT2D eigenvalue weighted by molar-refractivity contribution is -0.125. The first kappa shape index (κ1) is 21.6. The lowest BCUT2D eigenvalue weighted by atomic mass is 9.54. The third-order valence-electron chi connectivity index (χ3n) is 6.84. The second-order valence-corrected chi connectivity index (χ2v) is 11.3. The molecule has 4 fully saturated rings. The smallest absolute Gasteiger partial charge is 0.191 e. The maximum atomic E-state index is 11.7. The van der Waals surface area contributed by atoms with Crippen LogP contribution in [0.2, 0.25) is 0 Å². The standard InChI is InChI=1S/C19H33N3O3S.HI/c1-13(2)21-18(20-11-14-6-10-26(23,24)12-14)22-16-15-5-9-25-17(15)19(16)7-3-4-8-19;/h13-17H,3-12H2,1-2H3,(H2,20,21,22);1H. The summed E-state index contributed by atoms with van der Waals surface area (Å²) < 4.78 is 29.5. The van der Waals surface area contributed by atoms with Crippen LogP contribution in [0, 0.1) is 17.3 Å². The summed E-state index contributed by atoms with van der Waals surface area (Å²) in [5.41, 5.74) is 0.289. The fourth-order valence-corrected chi connectivity index (χ4v) is 7.54. The lowest BCUT2D eigenvalue weighted by Gasteiger charge is -2.57. The zero-order valence-electron chi connectivity index (χ0n) is 16.4. The van der Waals surface area contributed by atoms with E-state index in [9.17, 15) is 8.42 Å². The molecule has 4 rings (SSSR count). The Hall–Kier alpha value is -0.0900. The average Bonchev–Trinajstić information content (AvgIpc) is 3.28. The molecule has 1 spiro atoms. The quantitative estimate of drug-likeness (QED) is 0.344. The molecule has 0 bridgehead atoms. The van der Waals surface area contributed by atoms with Crippen LogP contribution in [-0.2, 0) is 14.6 Å². The van der Waals surface area contributed by atoms with Crippen LogP contribution >= 0.6 is 24.0 Å². The lowest BCUT2D eigenvalue weighted by Crippen LogP contribution is -2.69. The van der Waals surface area contributed by atoms with E-state index in [1.807, 2.05) is 0 Å². The molecule has 0 aromatic rings. The van der Waals surface area contributed by atoms with Gasteiger partial charge in [0.2, 0.25) is 0 Å². The molecular formula is C19H34IN3O3S. The van der Waals surface area contributed by atoms with Gasteiger partial charge >= 0.3 is 0 Å². The van der Waals surface area contributed by atoms with E-state index in [2.05, 4.69) is 24.5 Å². The Morgan fingerprint density at radius 1 is 1.26 bits per heavy atom. The van der Waals surface area contributed by atoms with Crippen LogP contribution in [0.5, 0.6) is 0 Å². The molecule has 2 N–H and O–H groups in total. The minimum Gasteiger partial charge on any atom is -0.377 e. The molecule has 2 saturated heterocycles. The highest BCUT2D eigenvalue weighted by molar-refractivity contribution is 14.0. The predicted molar refractivity (Wildman–Crippen MR) is 118 cm³/mol. The zero-order chi connectivity index (χ0) is 18.4. The molecule has 2 heterocycles. The van der Waals surface area contributed by atoms with E-state index in [1.165, 1.54) is 25.7 Å². The van der Waals surface area contributed by atoms with Gasteiger partial charge in [-0.15, -0.1) is 24.0 Å². The first-order chi connectivity index (χ1) is 12.4. The summed E-state index contributed by atoms with van der Waals surface area (Å²) in [5.74, 6) is 2.22. The number of hydrogen-bond donors (Lipinski definition) is 2. The predicted octanol–water partition coefficient (Wildman–Crippen LogP) is 2.33. The number of ether oxygens (including phenoxy) is 1. The molecule has 0 amide bonds. The van der Waals surface area contributed by atoms with Crippen molar-refractivity contribution in [2.75, 3.05) is 24.7 Å². The topological polar surface area (TPSA) is 79.8 Å². The Morgan fingerprint density at radius 3 is 2.63 bits per heavy atom. The molecule has 6 nitrogen and oxygen atoms in total. The summed E-state index contributed by atoms with van der Waals surface area (Å²) in [5, 5.41) is 7.20. The monoisotopic (exact) mass is 511 g/mol. The largest absolute Gasteiger partial charge is 0.377 e. The molecule has 8 heteroatoms. The first-order valence-electron chi connectivity index (χ1n) is 10.3. The van der Waals surface area contributed by atoms with Gasteiger partial charge in [0.15, 0.2) is 15.8 Å². The van der Waals surface area contributed by atoms with E-state index in [-0.39, 0.29) is 41.1 Å². The fraction of sp³-hybridized carbons (Fsp3) is 0.947. The highest BCUT2D eigenvalue weighted by Gasteiger charge is 2.65. The third-order valence-corrected chi connectivity index (χ3v) is 8.68. The SMILES string of the molecule is CC(C)NC(=NCC1CCS(=O)(=O)C1)NC1C2CCOC2C12CCCC2.I. The maximum absolute atomic E-state index is 11.7. The first-order valence-corrected chi connectivity index (χ1v) is 12.1. The Balaban J connectivity index is 0.00000210. The molecule has 0 aromatic carbocycles. The van der Waals surface area contributed by atoms with E-state index in [1.54, 1.807) is 0 Å². The minimum absolute atomic E-state index is 0. The van der Waals surface area contributed by atoms with Crippen molar-refractivity contribution >= 4 is 39.8 Å². The number of fused-ring (bicyclic) bond motifs is 2. The van der Waals surface area contributed by atoms with Crippen LogP contribution in [0.4, 0.5) is 0 Å². The third kappa shape index (κ3) is 4.27. The van der Waals surface area contributed by atoms with Crippen LogP contribution in [0.25, 0.3) is 0 Å². The maximum Gasteiger partial charge on any atom is 0.191 e. The Labute approximate surface area is 180 Å². The van der Waals surface area contributed by atoms with Gasteiger partial charge in [-0.05, 0) is 45.4 Å². The molecule has 156 valence electrons. The van der Waals surface area contributed by atoms with E-state index < -0.39 is 9.84 Å². The molecule has 27 heavy (non-hydrogen) atoms. The number of nitrogens with one attached hydrogen (secondary N) is 2. The number of nitrogens with zero attached hydrogens (tertiary/aromatic N) is 1. The number of hydrogen-bond acceptors (Lipinski definition) is 4. The minimum atomic E-state index is -2.84. The normalized spacial score (nSPS) is 36.3. The molecule has 4 aliphatic rings. The number of sulfone groups is 1. The number of aliphatic imine (C=N–C) groups is 1. The Morgan fingerprint density at radius 2 is 2.00 bits per heavy atom. The van der Waals surface area contributed by atoms with Gasteiger partial charge in [0.05, 0.1) is 17.6 Å². The van der Waals surface area contributed by atoms with E-state index in [0.29, 0.717) is 36.4 Å². The molecule has 2 aliphatic heterocycles. The van der Waals surface area contributed by atoms with Gasteiger partial charge in [-0.3, -0.25) is 4.99 Å². The summed E-state index contributed by atoms with van der Waals surface area (Å²) in [4.78, 5) is 4.79. The van der Waals surface area contributed by atoms with Crippen LogP contribution in [-0.4, -0.2) is 57.2 Å². The molecule has 4 unspecified atom stereocenters.